The third kappa shape index (κ3) is 4.20. The zero-order chi connectivity index (χ0) is 16.2. The van der Waals surface area contributed by atoms with E-state index in [1.165, 1.54) is 0 Å². The summed E-state index contributed by atoms with van der Waals surface area (Å²) in [6.07, 6.45) is 0.195. The number of carboxylic acid groups (broad SMARTS) is 1. The molecule has 0 aliphatic rings. The van der Waals surface area contributed by atoms with Gasteiger partial charge >= 0.3 is 5.97 Å². The van der Waals surface area contributed by atoms with Gasteiger partial charge in [-0.2, -0.15) is 0 Å². The molecule has 0 heterocycles. The molecule has 0 aromatic heterocycles. The Morgan fingerprint density at radius 3 is 2.57 bits per heavy atom. The van der Waals surface area contributed by atoms with Gasteiger partial charge in [0.25, 0.3) is 5.69 Å². The second-order valence-electron chi connectivity index (χ2n) is 4.17. The van der Waals surface area contributed by atoms with Crippen LogP contribution in [0.3, 0.4) is 0 Å². The van der Waals surface area contributed by atoms with E-state index in [1.54, 1.807) is 6.92 Å². The summed E-state index contributed by atoms with van der Waals surface area (Å²) in [7, 11) is -4.28. The fourth-order valence-electron chi connectivity index (χ4n) is 1.52. The van der Waals surface area contributed by atoms with Crippen LogP contribution in [0.5, 0.6) is 0 Å². The summed E-state index contributed by atoms with van der Waals surface area (Å²) < 4.78 is 39.3. The lowest BCUT2D eigenvalue weighted by atomic mass is 10.1. The topological polar surface area (TPSA) is 127 Å². The molecular formula is C11H13FN2O6S. The first kappa shape index (κ1) is 17.0. The monoisotopic (exact) mass is 320 g/mol. The number of benzene rings is 1. The summed E-state index contributed by atoms with van der Waals surface area (Å²) in [6, 6.07) is 2.10. The van der Waals surface area contributed by atoms with E-state index in [1.807, 2.05) is 4.72 Å². The molecule has 1 atom stereocenters. The number of non-ortho nitro benzene ring substituents is 1. The number of rotatable bonds is 7. The smallest absolute Gasteiger partial charge is 0.307 e. The summed E-state index contributed by atoms with van der Waals surface area (Å²) in [5.41, 5.74) is -0.580. The number of carbonyl (C=O) groups is 1. The molecule has 1 rings (SSSR count). The fourth-order valence-corrected chi connectivity index (χ4v) is 2.65. The lowest BCUT2D eigenvalue weighted by Crippen LogP contribution is -2.33. The van der Waals surface area contributed by atoms with Crippen molar-refractivity contribution >= 4 is 21.7 Å². The van der Waals surface area contributed by atoms with Crippen LogP contribution in [0.2, 0.25) is 0 Å². The minimum atomic E-state index is -4.28. The highest BCUT2D eigenvalue weighted by Gasteiger charge is 2.24. The number of aliphatic carboxylic acids is 1. The van der Waals surface area contributed by atoms with Crippen molar-refractivity contribution in [2.75, 3.05) is 6.54 Å². The largest absolute Gasteiger partial charge is 0.481 e. The molecule has 0 fully saturated rings. The molecule has 0 amide bonds. The van der Waals surface area contributed by atoms with E-state index in [0.29, 0.717) is 6.07 Å². The van der Waals surface area contributed by atoms with Gasteiger partial charge < -0.3 is 5.11 Å². The molecule has 1 aromatic carbocycles. The van der Waals surface area contributed by atoms with Crippen LogP contribution >= 0.6 is 0 Å². The number of nitro groups is 1. The van der Waals surface area contributed by atoms with E-state index in [0.717, 1.165) is 12.1 Å². The molecule has 116 valence electrons. The quantitative estimate of drug-likeness (QED) is 0.572. The van der Waals surface area contributed by atoms with E-state index in [2.05, 4.69) is 0 Å². The molecule has 8 nitrogen and oxygen atoms in total. The summed E-state index contributed by atoms with van der Waals surface area (Å²) in [6.45, 7) is 1.17. The number of hydrogen-bond donors (Lipinski definition) is 2. The van der Waals surface area contributed by atoms with Gasteiger partial charge in [-0.25, -0.2) is 17.5 Å². The van der Waals surface area contributed by atoms with Crippen molar-refractivity contribution in [2.24, 2.45) is 5.92 Å². The Bertz CT molecular complexity index is 661. The van der Waals surface area contributed by atoms with Crippen LogP contribution in [0.4, 0.5) is 10.1 Å². The van der Waals surface area contributed by atoms with Crippen LogP contribution in [-0.2, 0) is 14.8 Å². The van der Waals surface area contributed by atoms with Crippen LogP contribution in [0.15, 0.2) is 23.1 Å². The number of nitrogens with zero attached hydrogens (tertiary/aromatic N) is 1. The molecule has 10 heteroatoms. The maximum atomic E-state index is 13.6. The molecule has 0 saturated carbocycles. The van der Waals surface area contributed by atoms with Crippen LogP contribution in [0.25, 0.3) is 0 Å². The first-order valence-corrected chi connectivity index (χ1v) is 7.33. The van der Waals surface area contributed by atoms with E-state index in [9.17, 15) is 27.7 Å². The van der Waals surface area contributed by atoms with Gasteiger partial charge in [0, 0.05) is 12.6 Å². The van der Waals surface area contributed by atoms with Crippen LogP contribution < -0.4 is 4.72 Å². The van der Waals surface area contributed by atoms with Gasteiger partial charge in [0.15, 0.2) is 0 Å². The first-order chi connectivity index (χ1) is 9.69. The van der Waals surface area contributed by atoms with Gasteiger partial charge in [0.05, 0.1) is 16.9 Å². The molecule has 0 saturated heterocycles. The zero-order valence-electron chi connectivity index (χ0n) is 10.9. The highest BCUT2D eigenvalue weighted by molar-refractivity contribution is 7.89. The number of nitrogens with one attached hydrogen (secondary N) is 1. The third-order valence-electron chi connectivity index (χ3n) is 2.78. The molecule has 0 radical (unpaired) electrons. The molecule has 2 N–H and O–H groups in total. The molecular weight excluding hydrogens is 307 g/mol. The molecule has 0 aliphatic heterocycles. The van der Waals surface area contributed by atoms with E-state index in [-0.39, 0.29) is 6.42 Å². The molecule has 1 unspecified atom stereocenters. The average Bonchev–Trinajstić information content (AvgIpc) is 2.38. The maximum Gasteiger partial charge on any atom is 0.307 e. The second kappa shape index (κ2) is 6.59. The molecule has 21 heavy (non-hydrogen) atoms. The summed E-state index contributed by atoms with van der Waals surface area (Å²) in [4.78, 5) is 19.6. The standard InChI is InChI=1S/C11H13FN2O6S/c1-2-7(11(15)16)6-13-21(19,20)10-4-3-8(14(17)18)5-9(10)12/h3-5,7,13H,2,6H2,1H3,(H,15,16). The van der Waals surface area contributed by atoms with Gasteiger partial charge in [-0.3, -0.25) is 14.9 Å². The van der Waals surface area contributed by atoms with Crippen molar-refractivity contribution in [1.82, 2.24) is 4.72 Å². The molecule has 0 spiro atoms. The number of carboxylic acids is 1. The van der Waals surface area contributed by atoms with E-state index >= 15 is 0 Å². The molecule has 1 aromatic rings. The van der Waals surface area contributed by atoms with Crippen molar-refractivity contribution in [1.29, 1.82) is 0 Å². The summed E-state index contributed by atoms with van der Waals surface area (Å²) in [5, 5.41) is 19.3. The normalized spacial score (nSPS) is 12.9. The SMILES string of the molecule is CCC(CNS(=O)(=O)c1ccc([N+](=O)[O-])cc1F)C(=O)O. The van der Waals surface area contributed by atoms with Crippen LogP contribution in [-0.4, -0.2) is 31.0 Å². The van der Waals surface area contributed by atoms with Gasteiger partial charge in [-0.05, 0) is 12.5 Å². The molecule has 0 aliphatic carbocycles. The predicted molar refractivity (Wildman–Crippen MR) is 69.7 cm³/mol. The van der Waals surface area contributed by atoms with E-state index < -0.39 is 49.8 Å². The number of sulfonamides is 1. The summed E-state index contributed by atoms with van der Waals surface area (Å²) >= 11 is 0. The lowest BCUT2D eigenvalue weighted by molar-refractivity contribution is -0.385. The Labute approximate surface area is 119 Å². The fraction of sp³-hybridized carbons (Fsp3) is 0.364. The Hall–Kier alpha value is -2.07. The van der Waals surface area contributed by atoms with Crippen molar-refractivity contribution in [3.8, 4) is 0 Å². The van der Waals surface area contributed by atoms with Crippen LogP contribution in [0, 0.1) is 21.8 Å². The van der Waals surface area contributed by atoms with Crippen molar-refractivity contribution in [2.45, 2.75) is 18.2 Å². The Morgan fingerprint density at radius 2 is 2.14 bits per heavy atom. The average molecular weight is 320 g/mol. The second-order valence-corrected chi connectivity index (χ2v) is 5.90. The van der Waals surface area contributed by atoms with Gasteiger partial charge in [-0.1, -0.05) is 6.92 Å². The highest BCUT2D eigenvalue weighted by atomic mass is 32.2. The lowest BCUT2D eigenvalue weighted by Gasteiger charge is -2.12. The van der Waals surface area contributed by atoms with Gasteiger partial charge in [0.1, 0.15) is 10.7 Å². The zero-order valence-corrected chi connectivity index (χ0v) is 11.8. The van der Waals surface area contributed by atoms with Crippen molar-refractivity contribution < 1.29 is 27.6 Å². The minimum absolute atomic E-state index is 0.195. The Kier molecular flexibility index (Phi) is 5.33. The van der Waals surface area contributed by atoms with Gasteiger partial charge in [0.2, 0.25) is 10.0 Å². The molecule has 0 bridgehead atoms. The number of halogens is 1. The minimum Gasteiger partial charge on any atom is -0.481 e. The Morgan fingerprint density at radius 1 is 1.52 bits per heavy atom. The third-order valence-corrected chi connectivity index (χ3v) is 4.23. The van der Waals surface area contributed by atoms with Crippen molar-refractivity contribution in [3.63, 3.8) is 0 Å². The Balaban J connectivity index is 2.98. The van der Waals surface area contributed by atoms with Crippen molar-refractivity contribution in [3.05, 3.63) is 34.1 Å². The number of hydrogen-bond acceptors (Lipinski definition) is 5. The predicted octanol–water partition coefficient (Wildman–Crippen LogP) is 1.12. The van der Waals surface area contributed by atoms with E-state index in [4.69, 9.17) is 5.11 Å². The van der Waals surface area contributed by atoms with Crippen LogP contribution in [0.1, 0.15) is 13.3 Å². The highest BCUT2D eigenvalue weighted by Crippen LogP contribution is 2.20. The maximum absolute atomic E-state index is 13.6. The summed E-state index contributed by atoms with van der Waals surface area (Å²) in [5.74, 6) is -3.40. The number of nitro benzene ring substituents is 1. The van der Waals surface area contributed by atoms with Gasteiger partial charge in [-0.15, -0.1) is 0 Å². The first-order valence-electron chi connectivity index (χ1n) is 5.85.